The molecule has 1 fully saturated rings. The number of amides is 1. The van der Waals surface area contributed by atoms with Gasteiger partial charge in [-0.2, -0.15) is 13.2 Å². The fraction of sp³-hybridized carbons (Fsp3) is 0.273. The zero-order valence-corrected chi connectivity index (χ0v) is 18.4. The number of alkyl halides is 3. The first kappa shape index (κ1) is 22.8. The number of hydrogen-bond donors (Lipinski definition) is 1. The molecule has 2 aromatic heterocycles. The van der Waals surface area contributed by atoms with Gasteiger partial charge in [0.1, 0.15) is 11.7 Å². The average Bonchev–Trinajstić information content (AvgIpc) is 3.39. The normalized spacial score (nSPS) is 18.5. The quantitative estimate of drug-likeness (QED) is 0.446. The number of pyridine rings is 1. The summed E-state index contributed by atoms with van der Waals surface area (Å²) in [7, 11) is 3.02. The molecule has 0 radical (unpaired) electrons. The first-order valence-electron chi connectivity index (χ1n) is 9.91. The first-order valence-corrected chi connectivity index (χ1v) is 10.8. The average molecular weight is 476 g/mol. The van der Waals surface area contributed by atoms with Crippen LogP contribution in [0.25, 0.3) is 10.9 Å². The van der Waals surface area contributed by atoms with Crippen LogP contribution in [0.15, 0.2) is 48.8 Å². The number of Topliss-reactive ketones (excluding diaryl/α,β-unsaturated/α-hetero) is 2. The Morgan fingerprint density at radius 3 is 2.52 bits per heavy atom. The van der Waals surface area contributed by atoms with Crippen LogP contribution in [-0.2, 0) is 4.79 Å². The van der Waals surface area contributed by atoms with Crippen molar-refractivity contribution in [2.75, 3.05) is 24.2 Å². The summed E-state index contributed by atoms with van der Waals surface area (Å²) in [5, 5.41) is 0.413. The molecular weight excluding hydrogens is 457 g/mol. The monoisotopic (exact) mass is 476 g/mol. The zero-order chi connectivity index (χ0) is 23.9. The predicted octanol–water partition coefficient (Wildman–Crippen LogP) is 3.73. The van der Waals surface area contributed by atoms with Crippen molar-refractivity contribution in [3.05, 3.63) is 60.0 Å². The zero-order valence-electron chi connectivity index (χ0n) is 17.6. The van der Waals surface area contributed by atoms with Gasteiger partial charge in [0.2, 0.25) is 0 Å². The van der Waals surface area contributed by atoms with Crippen LogP contribution >= 0.6 is 11.9 Å². The van der Waals surface area contributed by atoms with Crippen molar-refractivity contribution in [3.63, 3.8) is 0 Å². The van der Waals surface area contributed by atoms with Crippen LogP contribution in [0.2, 0.25) is 0 Å². The van der Waals surface area contributed by atoms with Gasteiger partial charge in [-0.25, -0.2) is 0 Å². The summed E-state index contributed by atoms with van der Waals surface area (Å²) < 4.78 is 41.9. The van der Waals surface area contributed by atoms with Gasteiger partial charge in [0, 0.05) is 36.9 Å². The Bertz CT molecular complexity index is 1230. The lowest BCUT2D eigenvalue weighted by molar-refractivity contribution is -0.172. The molecule has 1 amide bonds. The molecule has 7 nitrogen and oxygen atoms in total. The molecule has 1 aromatic carbocycles. The van der Waals surface area contributed by atoms with Crippen LogP contribution in [0.4, 0.5) is 18.9 Å². The Balaban J connectivity index is 1.83. The van der Waals surface area contributed by atoms with Crippen molar-refractivity contribution < 1.29 is 27.6 Å². The van der Waals surface area contributed by atoms with Gasteiger partial charge in [-0.1, -0.05) is 18.2 Å². The highest BCUT2D eigenvalue weighted by Gasteiger charge is 2.54. The van der Waals surface area contributed by atoms with Crippen LogP contribution in [-0.4, -0.2) is 64.4 Å². The number of H-pyrrole nitrogens is 1. The number of nitrogens with zero attached hydrogens (tertiary/aromatic N) is 3. The number of rotatable bonds is 5. The molecule has 0 saturated carbocycles. The van der Waals surface area contributed by atoms with Gasteiger partial charge in [-0.15, -0.1) is 0 Å². The van der Waals surface area contributed by atoms with Gasteiger partial charge in [0.05, 0.1) is 23.4 Å². The minimum Gasteiger partial charge on any atom is -0.350 e. The number of fused-ring (bicyclic) bond motifs is 1. The van der Waals surface area contributed by atoms with E-state index in [1.54, 1.807) is 24.3 Å². The topological polar surface area (TPSA) is 86.4 Å². The lowest BCUT2D eigenvalue weighted by Gasteiger charge is -2.27. The standard InChI is InChI=1S/C22H19F3N4O3S/c1-28(2)21(32)17-16(13-7-3-4-8-15(13)27-17)19(30)14-11-33-29(12-6-5-9-26-10-12)18(14)20(31)22(23,24)25/h3-10,14,18,27H,11H2,1-2H3. The van der Waals surface area contributed by atoms with Crippen molar-refractivity contribution in [1.29, 1.82) is 0 Å². The van der Waals surface area contributed by atoms with E-state index in [-0.39, 0.29) is 22.7 Å². The number of aromatic amines is 1. The highest BCUT2D eigenvalue weighted by atomic mass is 32.2. The Morgan fingerprint density at radius 1 is 1.15 bits per heavy atom. The van der Waals surface area contributed by atoms with E-state index in [1.165, 1.54) is 47.8 Å². The number of nitrogens with one attached hydrogen (secondary N) is 1. The van der Waals surface area contributed by atoms with Crippen LogP contribution in [0.1, 0.15) is 20.8 Å². The summed E-state index contributed by atoms with van der Waals surface area (Å²) in [5.41, 5.74) is 0.751. The third kappa shape index (κ3) is 4.08. The van der Waals surface area contributed by atoms with Gasteiger partial charge < -0.3 is 14.2 Å². The first-order chi connectivity index (χ1) is 15.6. The number of ketones is 2. The van der Waals surface area contributed by atoms with Crippen molar-refractivity contribution in [3.8, 4) is 0 Å². The number of para-hydroxylation sites is 1. The number of aromatic nitrogens is 2. The second kappa shape index (κ2) is 8.54. The van der Waals surface area contributed by atoms with Crippen molar-refractivity contribution in [2.24, 2.45) is 5.92 Å². The third-order valence-electron chi connectivity index (χ3n) is 5.38. The largest absolute Gasteiger partial charge is 0.452 e. The molecule has 33 heavy (non-hydrogen) atoms. The molecule has 0 spiro atoms. The van der Waals surface area contributed by atoms with Gasteiger partial charge in [0.15, 0.2) is 5.78 Å². The number of hydrogen-bond acceptors (Lipinski definition) is 6. The predicted molar refractivity (Wildman–Crippen MR) is 118 cm³/mol. The molecule has 172 valence electrons. The van der Waals surface area contributed by atoms with E-state index in [9.17, 15) is 27.6 Å². The number of benzene rings is 1. The molecule has 3 heterocycles. The summed E-state index contributed by atoms with van der Waals surface area (Å²) in [6, 6.07) is 7.94. The smallest absolute Gasteiger partial charge is 0.350 e. The maximum Gasteiger partial charge on any atom is 0.452 e. The highest BCUT2D eigenvalue weighted by molar-refractivity contribution is 8.01. The van der Waals surface area contributed by atoms with Crippen molar-refractivity contribution in [1.82, 2.24) is 14.9 Å². The number of carbonyl (C=O) groups is 3. The molecule has 1 aliphatic rings. The second-order valence-corrected chi connectivity index (χ2v) is 8.72. The summed E-state index contributed by atoms with van der Waals surface area (Å²) in [6.07, 6.45) is -2.35. The second-order valence-electron chi connectivity index (χ2n) is 7.73. The molecule has 2 atom stereocenters. The molecule has 0 aliphatic carbocycles. The SMILES string of the molecule is CN(C)C(=O)c1[nH]c2ccccc2c1C(=O)C1CSN(c2cccnc2)C1C(=O)C(F)(F)F. The van der Waals surface area contributed by atoms with Crippen LogP contribution < -0.4 is 4.31 Å². The molecule has 11 heteroatoms. The fourth-order valence-corrected chi connectivity index (χ4v) is 5.17. The lowest BCUT2D eigenvalue weighted by Crippen LogP contribution is -2.47. The number of carbonyl (C=O) groups excluding carboxylic acids is 3. The van der Waals surface area contributed by atoms with Crippen LogP contribution in [0.5, 0.6) is 0 Å². The molecule has 2 unspecified atom stereocenters. The molecule has 1 N–H and O–H groups in total. The van der Waals surface area contributed by atoms with E-state index in [1.807, 2.05) is 0 Å². The molecular formula is C22H19F3N4O3S. The maximum atomic E-state index is 13.7. The van der Waals surface area contributed by atoms with Crippen molar-refractivity contribution >= 4 is 46.0 Å². The Labute approximate surface area is 191 Å². The van der Waals surface area contributed by atoms with E-state index >= 15 is 0 Å². The summed E-state index contributed by atoms with van der Waals surface area (Å²) >= 11 is 0.954. The van der Waals surface area contributed by atoms with E-state index in [0.717, 1.165) is 11.9 Å². The minimum atomic E-state index is -5.14. The Morgan fingerprint density at radius 2 is 1.88 bits per heavy atom. The number of anilines is 1. The van der Waals surface area contributed by atoms with Gasteiger partial charge >= 0.3 is 6.18 Å². The van der Waals surface area contributed by atoms with Gasteiger partial charge in [0.25, 0.3) is 11.7 Å². The van der Waals surface area contributed by atoms with Crippen molar-refractivity contribution in [2.45, 2.75) is 12.2 Å². The summed E-state index contributed by atoms with van der Waals surface area (Å²) in [5.74, 6) is -4.59. The minimum absolute atomic E-state index is 0.0112. The molecule has 3 aromatic rings. The Hall–Kier alpha value is -3.34. The number of halogens is 3. The molecule has 1 saturated heterocycles. The molecule has 0 bridgehead atoms. The van der Waals surface area contributed by atoms with E-state index in [4.69, 9.17) is 0 Å². The molecule has 1 aliphatic heterocycles. The summed E-state index contributed by atoms with van der Waals surface area (Å²) in [6.45, 7) is 0. The van der Waals surface area contributed by atoms with Crippen LogP contribution in [0, 0.1) is 5.92 Å². The Kier molecular flexibility index (Phi) is 5.91. The third-order valence-corrected chi connectivity index (χ3v) is 6.61. The molecule has 4 rings (SSSR count). The highest BCUT2D eigenvalue weighted by Crippen LogP contribution is 2.42. The van der Waals surface area contributed by atoms with E-state index in [2.05, 4.69) is 9.97 Å². The lowest BCUT2D eigenvalue weighted by atomic mass is 9.88. The maximum absolute atomic E-state index is 13.7. The van der Waals surface area contributed by atoms with Gasteiger partial charge in [-0.3, -0.25) is 19.4 Å². The van der Waals surface area contributed by atoms with Gasteiger partial charge in [-0.05, 0) is 30.1 Å². The van der Waals surface area contributed by atoms with Crippen LogP contribution in [0.3, 0.4) is 0 Å². The van der Waals surface area contributed by atoms with E-state index < -0.39 is 35.6 Å². The summed E-state index contributed by atoms with van der Waals surface area (Å²) in [4.78, 5) is 47.1. The fourth-order valence-electron chi connectivity index (χ4n) is 3.86. The van der Waals surface area contributed by atoms with E-state index in [0.29, 0.717) is 10.9 Å².